The second kappa shape index (κ2) is 8.38. The zero-order valence-electron chi connectivity index (χ0n) is 8.94. The number of unbranched alkanes of at least 4 members (excludes halogenated alkanes) is 1. The number of carbonyl (C=O) groups excluding carboxylic acids is 2. The lowest BCUT2D eigenvalue weighted by Gasteiger charge is -2.08. The van der Waals surface area contributed by atoms with Crippen LogP contribution in [0.2, 0.25) is 0 Å². The van der Waals surface area contributed by atoms with E-state index in [1.165, 1.54) is 0 Å². The lowest BCUT2D eigenvalue weighted by atomic mass is 10.1. The quantitative estimate of drug-likeness (QED) is 0.472. The molecule has 0 aliphatic heterocycles. The molecule has 0 amide bonds. The molecule has 2 N–H and O–H groups in total. The highest BCUT2D eigenvalue weighted by Gasteiger charge is 2.15. The van der Waals surface area contributed by atoms with Crippen molar-refractivity contribution in [1.29, 1.82) is 0 Å². The first-order valence-electron chi connectivity index (χ1n) is 5.09. The molecule has 0 heterocycles. The van der Waals surface area contributed by atoms with Crippen LogP contribution in [0.4, 0.5) is 0 Å². The Morgan fingerprint density at radius 2 is 1.80 bits per heavy atom. The Kier molecular flexibility index (Phi) is 7.85. The fraction of sp³-hybridized carbons (Fsp3) is 0.800. The van der Waals surface area contributed by atoms with Crippen molar-refractivity contribution >= 4 is 11.9 Å². The van der Waals surface area contributed by atoms with Crippen molar-refractivity contribution in [1.82, 2.24) is 0 Å². The largest absolute Gasteiger partial charge is 0.396 e. The van der Waals surface area contributed by atoms with Crippen molar-refractivity contribution in [2.45, 2.75) is 32.6 Å². The smallest absolute Gasteiger partial charge is 0.313 e. The van der Waals surface area contributed by atoms with Crippen molar-refractivity contribution < 1.29 is 24.5 Å². The van der Waals surface area contributed by atoms with Gasteiger partial charge in [0.25, 0.3) is 0 Å². The van der Waals surface area contributed by atoms with Gasteiger partial charge in [0.1, 0.15) is 0 Å². The Morgan fingerprint density at radius 1 is 1.20 bits per heavy atom. The summed E-state index contributed by atoms with van der Waals surface area (Å²) in [6, 6.07) is 0. The van der Waals surface area contributed by atoms with Gasteiger partial charge in [-0.15, -0.1) is 0 Å². The number of ether oxygens (including phenoxy) is 1. The van der Waals surface area contributed by atoms with Gasteiger partial charge in [-0.25, -0.2) is 0 Å². The molecule has 0 aliphatic carbocycles. The van der Waals surface area contributed by atoms with E-state index in [1.807, 2.05) is 6.92 Å². The normalized spacial score (nSPS) is 10.4. The van der Waals surface area contributed by atoms with Crippen LogP contribution >= 0.6 is 0 Å². The summed E-state index contributed by atoms with van der Waals surface area (Å²) in [7, 11) is 0. The summed E-state index contributed by atoms with van der Waals surface area (Å²) in [6.45, 7) is 1.34. The summed E-state index contributed by atoms with van der Waals surface area (Å²) in [6.07, 6.45) is 1.64. The predicted molar refractivity (Wildman–Crippen MR) is 52.9 cm³/mol. The summed E-state index contributed by atoms with van der Waals surface area (Å²) in [5.41, 5.74) is 0. The number of aliphatic hydroxyl groups excluding tert-OH is 2. The zero-order chi connectivity index (χ0) is 11.7. The minimum Gasteiger partial charge on any atom is -0.396 e. The maximum absolute atomic E-state index is 11.1. The zero-order valence-corrected chi connectivity index (χ0v) is 8.94. The fourth-order valence-electron chi connectivity index (χ4n) is 0.963. The molecule has 0 unspecified atom stereocenters. The third kappa shape index (κ3) is 7.04. The first kappa shape index (κ1) is 14.1. The Hall–Kier alpha value is -0.940. The van der Waals surface area contributed by atoms with Crippen molar-refractivity contribution in [3.8, 4) is 0 Å². The van der Waals surface area contributed by atoms with Gasteiger partial charge >= 0.3 is 11.9 Å². The van der Waals surface area contributed by atoms with Gasteiger partial charge in [-0.2, -0.15) is 0 Å². The summed E-state index contributed by atoms with van der Waals surface area (Å²) in [4.78, 5) is 22.1. The topological polar surface area (TPSA) is 83.8 Å². The molecular weight excluding hydrogens is 200 g/mol. The number of esters is 2. The van der Waals surface area contributed by atoms with Crippen LogP contribution in [0.15, 0.2) is 0 Å². The van der Waals surface area contributed by atoms with Gasteiger partial charge in [0.2, 0.25) is 0 Å². The molecule has 0 rings (SSSR count). The van der Waals surface area contributed by atoms with Crippen LogP contribution in [-0.2, 0) is 14.3 Å². The van der Waals surface area contributed by atoms with Crippen molar-refractivity contribution in [2.75, 3.05) is 13.2 Å². The van der Waals surface area contributed by atoms with Crippen LogP contribution in [0, 0.1) is 5.92 Å². The fourth-order valence-corrected chi connectivity index (χ4v) is 0.963. The highest BCUT2D eigenvalue weighted by atomic mass is 16.6. The van der Waals surface area contributed by atoms with Gasteiger partial charge in [0.05, 0.1) is 6.42 Å². The Labute approximate surface area is 89.0 Å². The Morgan fingerprint density at radius 3 is 2.27 bits per heavy atom. The highest BCUT2D eigenvalue weighted by Crippen LogP contribution is 2.04. The molecule has 0 aliphatic rings. The molecule has 0 spiro atoms. The molecule has 5 nitrogen and oxygen atoms in total. The van der Waals surface area contributed by atoms with Gasteiger partial charge in [-0.1, -0.05) is 13.3 Å². The monoisotopic (exact) mass is 218 g/mol. The van der Waals surface area contributed by atoms with E-state index in [4.69, 9.17) is 10.2 Å². The molecule has 0 fully saturated rings. The van der Waals surface area contributed by atoms with Crippen LogP contribution < -0.4 is 0 Å². The minimum absolute atomic E-state index is 0.134. The molecule has 0 aromatic heterocycles. The van der Waals surface area contributed by atoms with E-state index in [9.17, 15) is 9.59 Å². The third-order valence-corrected chi connectivity index (χ3v) is 1.93. The van der Waals surface area contributed by atoms with E-state index in [2.05, 4.69) is 4.74 Å². The SMILES string of the molecule is CCCCC(=O)OC(=O)CC(CO)CO. The van der Waals surface area contributed by atoms with Crippen LogP contribution in [0.25, 0.3) is 0 Å². The van der Waals surface area contributed by atoms with E-state index >= 15 is 0 Å². The molecule has 0 atom stereocenters. The maximum atomic E-state index is 11.1. The average Bonchev–Trinajstić information content (AvgIpc) is 2.22. The number of carbonyl (C=O) groups is 2. The molecule has 88 valence electrons. The van der Waals surface area contributed by atoms with E-state index in [0.717, 1.165) is 6.42 Å². The number of hydrogen-bond donors (Lipinski definition) is 2. The van der Waals surface area contributed by atoms with E-state index < -0.39 is 17.9 Å². The highest BCUT2D eigenvalue weighted by molar-refractivity contribution is 5.85. The predicted octanol–water partition coefficient (Wildman–Crippen LogP) is 0.237. The molecule has 0 saturated heterocycles. The summed E-state index contributed by atoms with van der Waals surface area (Å²) in [5.74, 6) is -1.78. The van der Waals surface area contributed by atoms with Crippen molar-refractivity contribution in [2.24, 2.45) is 5.92 Å². The standard InChI is InChI=1S/C10H18O5/c1-2-3-4-9(13)15-10(14)5-8(6-11)7-12/h8,11-12H,2-7H2,1H3. The van der Waals surface area contributed by atoms with Crippen molar-refractivity contribution in [3.63, 3.8) is 0 Å². The Balaban J connectivity index is 3.77. The van der Waals surface area contributed by atoms with Crippen molar-refractivity contribution in [3.05, 3.63) is 0 Å². The van der Waals surface area contributed by atoms with Crippen LogP contribution in [0.5, 0.6) is 0 Å². The molecule has 0 saturated carbocycles. The molecule has 5 heteroatoms. The summed E-state index contributed by atoms with van der Waals surface area (Å²) < 4.78 is 4.49. The molecule has 0 aromatic rings. The van der Waals surface area contributed by atoms with Crippen LogP contribution in [0.1, 0.15) is 32.6 Å². The summed E-state index contributed by atoms with van der Waals surface area (Å²) >= 11 is 0. The second-order valence-electron chi connectivity index (χ2n) is 3.38. The molecule has 0 aromatic carbocycles. The van der Waals surface area contributed by atoms with Gasteiger partial charge in [-0.3, -0.25) is 9.59 Å². The van der Waals surface area contributed by atoms with Crippen LogP contribution in [0.3, 0.4) is 0 Å². The lowest BCUT2D eigenvalue weighted by Crippen LogP contribution is -2.20. The Bertz CT molecular complexity index is 198. The second-order valence-corrected chi connectivity index (χ2v) is 3.38. The molecule has 0 bridgehead atoms. The molecular formula is C10H18O5. The third-order valence-electron chi connectivity index (χ3n) is 1.93. The minimum atomic E-state index is -0.691. The van der Waals surface area contributed by atoms with E-state index in [0.29, 0.717) is 6.42 Å². The van der Waals surface area contributed by atoms with Crippen LogP contribution in [-0.4, -0.2) is 35.4 Å². The van der Waals surface area contributed by atoms with E-state index in [-0.39, 0.29) is 26.1 Å². The molecule has 15 heavy (non-hydrogen) atoms. The van der Waals surface area contributed by atoms with Gasteiger partial charge in [0.15, 0.2) is 0 Å². The first-order chi connectivity index (χ1) is 7.13. The number of hydrogen-bond acceptors (Lipinski definition) is 5. The maximum Gasteiger partial charge on any atom is 0.313 e. The first-order valence-corrected chi connectivity index (χ1v) is 5.09. The summed E-state index contributed by atoms with van der Waals surface area (Å²) in [5, 5.41) is 17.4. The molecule has 0 radical (unpaired) electrons. The lowest BCUT2D eigenvalue weighted by molar-refractivity contribution is -0.160. The number of aliphatic hydroxyl groups is 2. The average molecular weight is 218 g/mol. The van der Waals surface area contributed by atoms with Gasteiger partial charge in [0, 0.05) is 25.6 Å². The number of rotatable bonds is 7. The van der Waals surface area contributed by atoms with Gasteiger partial charge in [-0.05, 0) is 6.42 Å². The van der Waals surface area contributed by atoms with E-state index in [1.54, 1.807) is 0 Å². The van der Waals surface area contributed by atoms with Gasteiger partial charge < -0.3 is 14.9 Å².